The number of oxazole rings is 2. The Hall–Kier alpha value is -8.48. The molecule has 1 aliphatic carbocycles. The normalized spacial score (nSPS) is 13.0. The molecule has 0 aliphatic heterocycles. The minimum absolute atomic E-state index is 0.0392. The molecule has 2 aromatic heterocycles. The molecule has 9 aromatic carbocycles. The van der Waals surface area contributed by atoms with Gasteiger partial charge in [-0.15, -0.1) is 0 Å². The van der Waals surface area contributed by atoms with Crippen molar-refractivity contribution in [2.75, 3.05) is 9.80 Å². The topological polar surface area (TPSA) is 58.5 Å². The van der Waals surface area contributed by atoms with Crippen LogP contribution in [0.4, 0.5) is 34.1 Å². The molecule has 6 heteroatoms. The van der Waals surface area contributed by atoms with Crippen LogP contribution in [0.15, 0.2) is 215 Å². The van der Waals surface area contributed by atoms with Crippen LogP contribution in [0.1, 0.15) is 77.6 Å². The Balaban J connectivity index is 0.861. The van der Waals surface area contributed by atoms with Crippen molar-refractivity contribution in [2.45, 2.75) is 71.6 Å². The predicted molar refractivity (Wildman–Crippen MR) is 302 cm³/mol. The average Bonchev–Trinajstić information content (AvgIpc) is 4.10. The van der Waals surface area contributed by atoms with Crippen molar-refractivity contribution in [3.05, 3.63) is 229 Å². The van der Waals surface area contributed by atoms with Crippen LogP contribution in [0, 0.1) is 0 Å². The molecule has 73 heavy (non-hydrogen) atoms. The van der Waals surface area contributed by atoms with Gasteiger partial charge in [0.25, 0.3) is 0 Å². The molecule has 0 atom stereocenters. The molecule has 0 amide bonds. The Kier molecular flexibility index (Phi) is 10.9. The van der Waals surface area contributed by atoms with Gasteiger partial charge in [-0.1, -0.05) is 134 Å². The molecule has 0 radical (unpaired) electrons. The number of para-hydroxylation sites is 4. The summed E-state index contributed by atoms with van der Waals surface area (Å²) < 4.78 is 12.3. The number of aromatic nitrogens is 2. The Morgan fingerprint density at radius 1 is 0.356 bits per heavy atom. The van der Waals surface area contributed by atoms with Gasteiger partial charge in [-0.25, -0.2) is 9.97 Å². The maximum Gasteiger partial charge on any atom is 0.227 e. The van der Waals surface area contributed by atoms with Crippen molar-refractivity contribution in [3.8, 4) is 45.2 Å². The highest BCUT2D eigenvalue weighted by Gasteiger charge is 2.36. The molecule has 0 unspecified atom stereocenters. The van der Waals surface area contributed by atoms with Gasteiger partial charge in [0.2, 0.25) is 11.8 Å². The summed E-state index contributed by atoms with van der Waals surface area (Å²) in [6, 6.07) is 73.8. The molecule has 12 rings (SSSR count). The largest absolute Gasteiger partial charge is 0.436 e. The number of anilines is 6. The van der Waals surface area contributed by atoms with Crippen molar-refractivity contribution in [2.24, 2.45) is 0 Å². The van der Waals surface area contributed by atoms with Crippen molar-refractivity contribution in [3.63, 3.8) is 0 Å². The third-order valence-corrected chi connectivity index (χ3v) is 14.7. The number of benzene rings is 9. The van der Waals surface area contributed by atoms with Gasteiger partial charge < -0.3 is 18.6 Å². The van der Waals surface area contributed by atoms with Gasteiger partial charge in [0, 0.05) is 50.7 Å². The first kappa shape index (κ1) is 45.6. The lowest BCUT2D eigenvalue weighted by Gasteiger charge is -2.29. The van der Waals surface area contributed by atoms with Gasteiger partial charge in [0.05, 0.1) is 0 Å². The van der Waals surface area contributed by atoms with E-state index in [-0.39, 0.29) is 16.2 Å². The average molecular weight is 951 g/mol. The van der Waals surface area contributed by atoms with E-state index in [0.29, 0.717) is 11.8 Å². The first-order chi connectivity index (χ1) is 35.2. The fraction of sp³-hybridized carbons (Fsp3) is 0.164. The third kappa shape index (κ3) is 8.37. The Bertz CT molecular complexity index is 3750. The molecule has 1 aliphatic rings. The molecule has 11 aromatic rings. The SMILES string of the molecule is CC(C)(C)c1ccc(N(c2ccc(-c3ccc4c(c3)C(C)(C)c3cc(N(c5ccc(-c6nc7ccccc7o6)cc5)c5ccc(C(C)(C)C)cc5)ccc3-4)cc2)c2ccc(-c3nc4ccccc4o3)cc2)cc1. The van der Waals surface area contributed by atoms with E-state index < -0.39 is 0 Å². The van der Waals surface area contributed by atoms with Crippen molar-refractivity contribution in [1.82, 2.24) is 9.97 Å². The van der Waals surface area contributed by atoms with Crippen LogP contribution in [0.3, 0.4) is 0 Å². The fourth-order valence-corrected chi connectivity index (χ4v) is 10.5. The molecule has 358 valence electrons. The summed E-state index contributed by atoms with van der Waals surface area (Å²) in [7, 11) is 0. The van der Waals surface area contributed by atoms with Crippen LogP contribution in [-0.4, -0.2) is 9.97 Å². The van der Waals surface area contributed by atoms with E-state index in [2.05, 4.69) is 223 Å². The molecule has 0 N–H and O–H groups in total. The van der Waals surface area contributed by atoms with Crippen LogP contribution in [0.25, 0.3) is 67.4 Å². The van der Waals surface area contributed by atoms with E-state index in [1.807, 2.05) is 48.5 Å². The summed E-state index contributed by atoms with van der Waals surface area (Å²) in [5.41, 5.74) is 21.6. The van der Waals surface area contributed by atoms with E-state index in [9.17, 15) is 0 Å². The molecule has 0 spiro atoms. The first-order valence-corrected chi connectivity index (χ1v) is 25.3. The van der Waals surface area contributed by atoms with Crippen LogP contribution < -0.4 is 9.80 Å². The van der Waals surface area contributed by atoms with Crippen LogP contribution in [-0.2, 0) is 16.2 Å². The molecule has 0 fully saturated rings. The molecular formula is C67H58N4O2. The fourth-order valence-electron chi connectivity index (χ4n) is 10.5. The van der Waals surface area contributed by atoms with E-state index >= 15 is 0 Å². The number of rotatable bonds is 9. The van der Waals surface area contributed by atoms with Crippen molar-refractivity contribution in [1.29, 1.82) is 0 Å². The smallest absolute Gasteiger partial charge is 0.227 e. The lowest BCUT2D eigenvalue weighted by Crippen LogP contribution is -2.17. The third-order valence-electron chi connectivity index (χ3n) is 14.7. The van der Waals surface area contributed by atoms with Crippen molar-refractivity contribution >= 4 is 56.3 Å². The van der Waals surface area contributed by atoms with E-state index in [0.717, 1.165) is 67.5 Å². The molecule has 0 bridgehead atoms. The van der Waals surface area contributed by atoms with Crippen LogP contribution in [0.5, 0.6) is 0 Å². The highest BCUT2D eigenvalue weighted by molar-refractivity contribution is 5.88. The number of nitrogens with zero attached hydrogens (tertiary/aromatic N) is 4. The Morgan fingerprint density at radius 3 is 1.12 bits per heavy atom. The molecule has 6 nitrogen and oxygen atoms in total. The molecule has 0 saturated carbocycles. The van der Waals surface area contributed by atoms with Gasteiger partial charge >= 0.3 is 0 Å². The summed E-state index contributed by atoms with van der Waals surface area (Å²) in [4.78, 5) is 14.2. The quantitative estimate of drug-likeness (QED) is 0.144. The van der Waals surface area contributed by atoms with Crippen molar-refractivity contribution < 1.29 is 8.83 Å². The van der Waals surface area contributed by atoms with Gasteiger partial charge in [0.1, 0.15) is 11.0 Å². The van der Waals surface area contributed by atoms with Gasteiger partial charge in [-0.05, 0) is 183 Å². The van der Waals surface area contributed by atoms with Gasteiger partial charge in [-0.2, -0.15) is 0 Å². The minimum atomic E-state index is -0.255. The summed E-state index contributed by atoms with van der Waals surface area (Å²) in [6.07, 6.45) is 0. The molecular weight excluding hydrogens is 893 g/mol. The van der Waals surface area contributed by atoms with Gasteiger partial charge in [0.15, 0.2) is 11.2 Å². The zero-order valence-corrected chi connectivity index (χ0v) is 42.7. The molecule has 0 saturated heterocycles. The zero-order valence-electron chi connectivity index (χ0n) is 42.7. The Morgan fingerprint density at radius 2 is 0.699 bits per heavy atom. The maximum atomic E-state index is 6.16. The summed E-state index contributed by atoms with van der Waals surface area (Å²) >= 11 is 0. The highest BCUT2D eigenvalue weighted by atomic mass is 16.4. The minimum Gasteiger partial charge on any atom is -0.436 e. The maximum absolute atomic E-state index is 6.16. The predicted octanol–water partition coefficient (Wildman–Crippen LogP) is 18.8. The second-order valence-electron chi connectivity index (χ2n) is 22.0. The second kappa shape index (κ2) is 17.4. The summed E-state index contributed by atoms with van der Waals surface area (Å²) in [5, 5.41) is 0. The summed E-state index contributed by atoms with van der Waals surface area (Å²) in [5.74, 6) is 1.23. The Labute approximate surface area is 428 Å². The van der Waals surface area contributed by atoms with E-state index in [1.54, 1.807) is 0 Å². The van der Waals surface area contributed by atoms with Gasteiger partial charge in [-0.3, -0.25) is 0 Å². The number of hydrogen-bond acceptors (Lipinski definition) is 6. The monoisotopic (exact) mass is 950 g/mol. The number of fused-ring (bicyclic) bond motifs is 5. The van der Waals surface area contributed by atoms with Crippen LogP contribution >= 0.6 is 0 Å². The lowest BCUT2D eigenvalue weighted by molar-refractivity contribution is 0.590. The summed E-state index contributed by atoms with van der Waals surface area (Å²) in [6.45, 7) is 18.3. The van der Waals surface area contributed by atoms with Crippen LogP contribution in [0.2, 0.25) is 0 Å². The zero-order chi connectivity index (χ0) is 50.2. The van der Waals surface area contributed by atoms with E-state index in [4.69, 9.17) is 18.8 Å². The standard InChI is InChI=1S/C67H58N4O2/c1-65(2,3)47-24-34-52(35-25-47)70(50-30-19-44(20-31-50)63-68-59-13-9-11-15-61(59)72-63)49-28-17-43(18-29-49)46-23-39-55-56-40-38-54(42-58(56)67(7,8)57(55)41-46)71(53-36-26-48(27-37-53)66(4,5)6)51-32-21-45(22-33-51)64-69-60-14-10-12-16-62(60)73-64/h9-42H,1-8H3. The molecule has 2 heterocycles. The highest BCUT2D eigenvalue weighted by Crippen LogP contribution is 2.52. The first-order valence-electron chi connectivity index (χ1n) is 25.3. The lowest BCUT2D eigenvalue weighted by atomic mass is 9.81. The second-order valence-corrected chi connectivity index (χ2v) is 22.0. The van der Waals surface area contributed by atoms with E-state index in [1.165, 1.54) is 44.5 Å². The number of hydrogen-bond donors (Lipinski definition) is 0.